The monoisotopic (exact) mass is 146 g/mol. The first-order chi connectivity index (χ1) is 4.66. The van der Waals surface area contributed by atoms with Gasteiger partial charge in [-0.25, -0.2) is 0 Å². The van der Waals surface area contributed by atoms with Crippen LogP contribution in [0.1, 0.15) is 13.8 Å². The van der Waals surface area contributed by atoms with E-state index in [0.29, 0.717) is 0 Å². The van der Waals surface area contributed by atoms with Gasteiger partial charge in [-0.15, -0.1) is 0 Å². The molecule has 4 nitrogen and oxygen atoms in total. The number of hydrogen-bond donors (Lipinski definition) is 2. The van der Waals surface area contributed by atoms with E-state index in [1.165, 1.54) is 0 Å². The highest BCUT2D eigenvalue weighted by atomic mass is 16.5. The van der Waals surface area contributed by atoms with Crippen molar-refractivity contribution < 1.29 is 9.53 Å². The van der Waals surface area contributed by atoms with E-state index >= 15 is 0 Å². The zero-order valence-corrected chi connectivity index (χ0v) is 6.39. The Morgan fingerprint density at radius 1 is 1.70 bits per heavy atom. The molecule has 3 N–H and O–H groups in total. The van der Waals surface area contributed by atoms with Crippen molar-refractivity contribution in [1.82, 2.24) is 5.32 Å². The molecule has 0 aliphatic heterocycles. The van der Waals surface area contributed by atoms with Crippen LogP contribution in [0, 0.1) is 0 Å². The summed E-state index contributed by atoms with van der Waals surface area (Å²) in [5.74, 6) is -0.194. The van der Waals surface area contributed by atoms with Crippen LogP contribution < -0.4 is 11.1 Å². The topological polar surface area (TPSA) is 64.3 Å². The number of carbonyl (C=O) groups is 1. The van der Waals surface area contributed by atoms with Gasteiger partial charge >= 0.3 is 0 Å². The summed E-state index contributed by atoms with van der Waals surface area (Å²) < 4.78 is 5.03. The van der Waals surface area contributed by atoms with Gasteiger partial charge in [0.05, 0.1) is 12.6 Å². The van der Waals surface area contributed by atoms with Gasteiger partial charge in [0, 0.05) is 0 Å². The van der Waals surface area contributed by atoms with E-state index in [4.69, 9.17) is 10.5 Å². The highest BCUT2D eigenvalue weighted by Crippen LogP contribution is 1.83. The third kappa shape index (κ3) is 5.53. The first-order valence-electron chi connectivity index (χ1n) is 3.25. The molecule has 0 aliphatic carbocycles. The minimum atomic E-state index is -0.194. The van der Waals surface area contributed by atoms with E-state index in [9.17, 15) is 4.79 Å². The fraction of sp³-hybridized carbons (Fsp3) is 0.833. The van der Waals surface area contributed by atoms with Crippen LogP contribution in [0.5, 0.6) is 0 Å². The Bertz CT molecular complexity index is 104. The second-order valence-corrected chi connectivity index (χ2v) is 2.16. The molecule has 0 bridgehead atoms. The summed E-state index contributed by atoms with van der Waals surface area (Å²) in [6, 6.07) is 0. The second-order valence-electron chi connectivity index (χ2n) is 2.16. The van der Waals surface area contributed by atoms with Crippen molar-refractivity contribution in [1.29, 1.82) is 0 Å². The SMILES string of the molecule is CC(C)OCNC(=O)CN. The van der Waals surface area contributed by atoms with Crippen molar-refractivity contribution in [3.8, 4) is 0 Å². The Labute approximate surface area is 60.7 Å². The fourth-order valence-corrected chi connectivity index (χ4v) is 0.361. The van der Waals surface area contributed by atoms with Crippen LogP contribution in [0.2, 0.25) is 0 Å². The molecule has 4 heteroatoms. The molecule has 0 radical (unpaired) electrons. The number of hydrogen-bond acceptors (Lipinski definition) is 3. The van der Waals surface area contributed by atoms with Crippen molar-refractivity contribution in [2.45, 2.75) is 20.0 Å². The van der Waals surface area contributed by atoms with E-state index < -0.39 is 0 Å². The van der Waals surface area contributed by atoms with E-state index in [1.54, 1.807) is 0 Å². The highest BCUT2D eigenvalue weighted by Gasteiger charge is 1.95. The highest BCUT2D eigenvalue weighted by molar-refractivity contribution is 5.77. The lowest BCUT2D eigenvalue weighted by Crippen LogP contribution is -2.32. The zero-order valence-electron chi connectivity index (χ0n) is 6.39. The molecule has 0 aromatic rings. The van der Waals surface area contributed by atoms with Gasteiger partial charge < -0.3 is 15.8 Å². The lowest BCUT2D eigenvalue weighted by atomic mass is 10.5. The normalized spacial score (nSPS) is 10.0. The van der Waals surface area contributed by atoms with Crippen LogP contribution in [0.25, 0.3) is 0 Å². The Balaban J connectivity index is 3.12. The number of amides is 1. The Morgan fingerprint density at radius 2 is 2.30 bits per heavy atom. The number of nitrogens with two attached hydrogens (primary N) is 1. The van der Waals surface area contributed by atoms with Crippen molar-refractivity contribution in [3.05, 3.63) is 0 Å². The molecule has 0 heterocycles. The predicted molar refractivity (Wildman–Crippen MR) is 38.3 cm³/mol. The summed E-state index contributed by atoms with van der Waals surface area (Å²) in [6.07, 6.45) is 0.137. The average Bonchev–Trinajstić information content (AvgIpc) is 1.87. The van der Waals surface area contributed by atoms with E-state index in [1.807, 2.05) is 13.8 Å². The first kappa shape index (κ1) is 9.39. The van der Waals surface area contributed by atoms with Crippen LogP contribution in [0.15, 0.2) is 0 Å². The molecule has 0 fully saturated rings. The van der Waals surface area contributed by atoms with Crippen LogP contribution in [0.3, 0.4) is 0 Å². The van der Waals surface area contributed by atoms with Crippen LogP contribution in [0.4, 0.5) is 0 Å². The van der Waals surface area contributed by atoms with E-state index in [-0.39, 0.29) is 25.3 Å². The molecule has 0 unspecified atom stereocenters. The summed E-state index contributed by atoms with van der Waals surface area (Å²) >= 11 is 0. The lowest BCUT2D eigenvalue weighted by Gasteiger charge is -2.07. The molecule has 60 valence electrons. The zero-order chi connectivity index (χ0) is 7.98. The molecule has 1 amide bonds. The number of carbonyl (C=O) groups excluding carboxylic acids is 1. The molecular formula is C6H14N2O2. The van der Waals surface area contributed by atoms with Gasteiger partial charge in [0.1, 0.15) is 6.73 Å². The van der Waals surface area contributed by atoms with Gasteiger partial charge in [-0.3, -0.25) is 4.79 Å². The van der Waals surface area contributed by atoms with Gasteiger partial charge in [0.15, 0.2) is 0 Å². The maximum Gasteiger partial charge on any atom is 0.235 e. The van der Waals surface area contributed by atoms with Crippen LogP contribution in [-0.4, -0.2) is 25.3 Å². The van der Waals surface area contributed by atoms with E-state index in [0.717, 1.165) is 0 Å². The minimum Gasteiger partial charge on any atom is -0.359 e. The first-order valence-corrected chi connectivity index (χ1v) is 3.25. The summed E-state index contributed by atoms with van der Waals surface area (Å²) in [4.78, 5) is 10.5. The summed E-state index contributed by atoms with van der Waals surface area (Å²) in [7, 11) is 0. The summed E-state index contributed by atoms with van der Waals surface area (Å²) in [6.45, 7) is 4.05. The lowest BCUT2D eigenvalue weighted by molar-refractivity contribution is -0.121. The van der Waals surface area contributed by atoms with Gasteiger partial charge in [-0.2, -0.15) is 0 Å². The maximum absolute atomic E-state index is 10.5. The average molecular weight is 146 g/mol. The molecule has 0 aliphatic rings. The number of ether oxygens (including phenoxy) is 1. The molecule has 0 aromatic carbocycles. The molecule has 0 saturated heterocycles. The second kappa shape index (κ2) is 5.20. The Hall–Kier alpha value is -0.610. The molecule has 0 rings (SSSR count). The number of nitrogens with one attached hydrogen (secondary N) is 1. The molecule has 0 atom stereocenters. The summed E-state index contributed by atoms with van der Waals surface area (Å²) in [5.41, 5.74) is 5.02. The minimum absolute atomic E-state index is 0.0153. The largest absolute Gasteiger partial charge is 0.359 e. The van der Waals surface area contributed by atoms with Crippen molar-refractivity contribution in [3.63, 3.8) is 0 Å². The van der Waals surface area contributed by atoms with Gasteiger partial charge in [0.25, 0.3) is 0 Å². The van der Waals surface area contributed by atoms with Gasteiger partial charge in [-0.1, -0.05) is 0 Å². The molecule has 0 aromatic heterocycles. The molecule has 10 heavy (non-hydrogen) atoms. The smallest absolute Gasteiger partial charge is 0.235 e. The van der Waals surface area contributed by atoms with E-state index in [2.05, 4.69) is 5.32 Å². The molecule has 0 saturated carbocycles. The van der Waals surface area contributed by atoms with Gasteiger partial charge in [-0.05, 0) is 13.8 Å². The van der Waals surface area contributed by atoms with Gasteiger partial charge in [0.2, 0.25) is 5.91 Å². The summed E-state index contributed by atoms with van der Waals surface area (Å²) in [5, 5.41) is 2.48. The van der Waals surface area contributed by atoms with Crippen molar-refractivity contribution in [2.24, 2.45) is 5.73 Å². The standard InChI is InChI=1S/C6H14N2O2/c1-5(2)10-4-8-6(9)3-7/h5H,3-4,7H2,1-2H3,(H,8,9). The Morgan fingerprint density at radius 3 is 2.70 bits per heavy atom. The quantitative estimate of drug-likeness (QED) is 0.523. The molecule has 0 spiro atoms. The molecular weight excluding hydrogens is 132 g/mol. The predicted octanol–water partition coefficient (Wildman–Crippen LogP) is -0.556. The van der Waals surface area contributed by atoms with Crippen LogP contribution in [-0.2, 0) is 9.53 Å². The maximum atomic E-state index is 10.5. The number of rotatable bonds is 4. The Kier molecular flexibility index (Phi) is 4.88. The van der Waals surface area contributed by atoms with Crippen LogP contribution >= 0.6 is 0 Å². The third-order valence-electron chi connectivity index (χ3n) is 0.871. The van der Waals surface area contributed by atoms with Crippen molar-refractivity contribution >= 4 is 5.91 Å². The van der Waals surface area contributed by atoms with Crippen molar-refractivity contribution in [2.75, 3.05) is 13.3 Å². The fourth-order valence-electron chi connectivity index (χ4n) is 0.361. The third-order valence-corrected chi connectivity index (χ3v) is 0.871.